The van der Waals surface area contributed by atoms with Gasteiger partial charge in [0.05, 0.1) is 17.6 Å². The monoisotopic (exact) mass is 230 g/mol. The molecule has 2 aromatic rings. The van der Waals surface area contributed by atoms with Crippen LogP contribution in [0.4, 0.5) is 0 Å². The zero-order valence-electron chi connectivity index (χ0n) is 8.50. The third-order valence-electron chi connectivity index (χ3n) is 1.97. The van der Waals surface area contributed by atoms with Gasteiger partial charge in [-0.15, -0.1) is 0 Å². The Hall–Kier alpha value is -1.74. The number of hydrogen-bond donors (Lipinski definition) is 0. The van der Waals surface area contributed by atoms with E-state index in [-0.39, 0.29) is 5.97 Å². The van der Waals surface area contributed by atoms with Crippen LogP contribution in [0.1, 0.15) is 10.4 Å². The summed E-state index contributed by atoms with van der Waals surface area (Å²) in [7, 11) is 0. The van der Waals surface area contributed by atoms with Crippen LogP contribution >= 0.6 is 12.0 Å². The van der Waals surface area contributed by atoms with Gasteiger partial charge in [-0.2, -0.15) is 0 Å². The van der Waals surface area contributed by atoms with Crippen LogP contribution in [-0.4, -0.2) is 5.97 Å². The predicted molar refractivity (Wildman–Crippen MR) is 64.2 cm³/mol. The van der Waals surface area contributed by atoms with Gasteiger partial charge in [0, 0.05) is 4.90 Å². The molecule has 0 aliphatic rings. The van der Waals surface area contributed by atoms with E-state index in [2.05, 4.69) is 0 Å². The van der Waals surface area contributed by atoms with Crippen LogP contribution in [0.5, 0.6) is 0 Å². The van der Waals surface area contributed by atoms with E-state index in [1.54, 1.807) is 12.1 Å². The molecule has 0 radical (unpaired) electrons. The smallest absolute Gasteiger partial charge is 0.350 e. The molecule has 0 heterocycles. The second kappa shape index (κ2) is 5.37. The molecule has 0 aliphatic heterocycles. The Kier molecular flexibility index (Phi) is 3.62. The van der Waals surface area contributed by atoms with Crippen molar-refractivity contribution in [2.75, 3.05) is 0 Å². The highest BCUT2D eigenvalue weighted by Crippen LogP contribution is 2.19. The molecule has 0 fully saturated rings. The van der Waals surface area contributed by atoms with E-state index >= 15 is 0 Å². The maximum Gasteiger partial charge on any atom is 0.350 e. The van der Waals surface area contributed by atoms with Crippen LogP contribution in [0.15, 0.2) is 65.6 Å². The molecule has 3 heteroatoms. The molecule has 0 atom stereocenters. The molecule has 0 aliphatic carbocycles. The summed E-state index contributed by atoms with van der Waals surface area (Å²) < 4.78 is 5.09. The van der Waals surface area contributed by atoms with Crippen molar-refractivity contribution in [3.05, 3.63) is 66.2 Å². The van der Waals surface area contributed by atoms with Gasteiger partial charge in [0.25, 0.3) is 0 Å². The minimum absolute atomic E-state index is 0.325. The molecule has 0 bridgehead atoms. The molecule has 0 N–H and O–H groups in total. The molecule has 0 amide bonds. The van der Waals surface area contributed by atoms with Crippen molar-refractivity contribution in [3.63, 3.8) is 0 Å². The van der Waals surface area contributed by atoms with Crippen LogP contribution < -0.4 is 0 Å². The van der Waals surface area contributed by atoms with Crippen LogP contribution in [0, 0.1) is 0 Å². The van der Waals surface area contributed by atoms with Crippen molar-refractivity contribution in [1.82, 2.24) is 0 Å². The number of carbonyl (C=O) groups excluding carboxylic acids is 1. The number of benzene rings is 2. The van der Waals surface area contributed by atoms with Crippen molar-refractivity contribution in [2.24, 2.45) is 0 Å². The molecule has 0 unspecified atom stereocenters. The quantitative estimate of drug-likeness (QED) is 0.754. The van der Waals surface area contributed by atoms with Gasteiger partial charge < -0.3 is 4.18 Å². The van der Waals surface area contributed by atoms with Crippen LogP contribution in [-0.2, 0) is 4.18 Å². The highest BCUT2D eigenvalue weighted by Gasteiger charge is 2.06. The van der Waals surface area contributed by atoms with Crippen molar-refractivity contribution in [3.8, 4) is 0 Å². The minimum Gasteiger partial charge on any atom is -0.382 e. The molecular formula is C13H10O2S. The van der Waals surface area contributed by atoms with Gasteiger partial charge in [-0.05, 0) is 24.3 Å². The van der Waals surface area contributed by atoms with Crippen molar-refractivity contribution >= 4 is 18.0 Å². The van der Waals surface area contributed by atoms with Gasteiger partial charge in [-0.1, -0.05) is 36.4 Å². The van der Waals surface area contributed by atoms with E-state index in [1.807, 2.05) is 48.5 Å². The van der Waals surface area contributed by atoms with Gasteiger partial charge in [0.15, 0.2) is 0 Å². The lowest BCUT2D eigenvalue weighted by Gasteiger charge is -2.01. The number of carbonyl (C=O) groups is 1. The molecule has 0 spiro atoms. The van der Waals surface area contributed by atoms with E-state index in [0.717, 1.165) is 16.9 Å². The topological polar surface area (TPSA) is 26.3 Å². The lowest BCUT2D eigenvalue weighted by atomic mass is 10.2. The largest absolute Gasteiger partial charge is 0.382 e. The first-order valence-corrected chi connectivity index (χ1v) is 5.59. The summed E-state index contributed by atoms with van der Waals surface area (Å²) in [6, 6.07) is 18.4. The Labute approximate surface area is 98.5 Å². The first-order valence-electron chi connectivity index (χ1n) is 4.85. The maximum atomic E-state index is 11.6. The van der Waals surface area contributed by atoms with Crippen molar-refractivity contribution in [1.29, 1.82) is 0 Å². The van der Waals surface area contributed by atoms with Crippen LogP contribution in [0.25, 0.3) is 0 Å². The summed E-state index contributed by atoms with van der Waals surface area (Å²) in [6.07, 6.45) is 0. The third-order valence-corrected chi connectivity index (χ3v) is 2.67. The Morgan fingerprint density at radius 1 is 0.875 bits per heavy atom. The second-order valence-corrected chi connectivity index (χ2v) is 3.94. The van der Waals surface area contributed by atoms with E-state index in [4.69, 9.17) is 4.18 Å². The minimum atomic E-state index is -0.325. The Balaban J connectivity index is 1.95. The van der Waals surface area contributed by atoms with Gasteiger partial charge in [0.2, 0.25) is 0 Å². The summed E-state index contributed by atoms with van der Waals surface area (Å²) in [5, 5.41) is 0. The molecule has 16 heavy (non-hydrogen) atoms. The fraction of sp³-hybridized carbons (Fsp3) is 0. The molecule has 0 aromatic heterocycles. The van der Waals surface area contributed by atoms with Crippen molar-refractivity contribution in [2.45, 2.75) is 4.90 Å². The first-order chi connectivity index (χ1) is 7.86. The average molecular weight is 230 g/mol. The van der Waals surface area contributed by atoms with Crippen LogP contribution in [0.2, 0.25) is 0 Å². The molecule has 2 aromatic carbocycles. The fourth-order valence-electron chi connectivity index (χ4n) is 1.18. The number of rotatable bonds is 3. The van der Waals surface area contributed by atoms with Gasteiger partial charge >= 0.3 is 5.97 Å². The summed E-state index contributed by atoms with van der Waals surface area (Å²) in [5.74, 6) is -0.325. The zero-order chi connectivity index (χ0) is 11.2. The molecule has 0 saturated heterocycles. The third kappa shape index (κ3) is 2.87. The highest BCUT2D eigenvalue weighted by atomic mass is 32.2. The molecule has 80 valence electrons. The lowest BCUT2D eigenvalue weighted by Crippen LogP contribution is -1.98. The normalized spacial score (nSPS) is 9.75. The Bertz CT molecular complexity index is 454. The first kappa shape index (κ1) is 10.8. The van der Waals surface area contributed by atoms with E-state index < -0.39 is 0 Å². The summed E-state index contributed by atoms with van der Waals surface area (Å²) in [6.45, 7) is 0. The van der Waals surface area contributed by atoms with Gasteiger partial charge in [-0.25, -0.2) is 4.79 Å². The van der Waals surface area contributed by atoms with E-state index in [9.17, 15) is 4.79 Å². The standard InChI is InChI=1S/C13H10O2S/c14-13(11-7-3-1-4-8-11)15-16-12-9-5-2-6-10-12/h1-10H. The predicted octanol–water partition coefficient (Wildman–Crippen LogP) is 3.55. The fourth-order valence-corrected chi connectivity index (χ4v) is 1.72. The van der Waals surface area contributed by atoms with E-state index in [1.165, 1.54) is 0 Å². The zero-order valence-corrected chi connectivity index (χ0v) is 9.31. The molecule has 2 nitrogen and oxygen atoms in total. The molecular weight excluding hydrogens is 220 g/mol. The molecule has 0 saturated carbocycles. The highest BCUT2D eigenvalue weighted by molar-refractivity contribution is 7.95. The average Bonchev–Trinajstić information content (AvgIpc) is 2.38. The summed E-state index contributed by atoms with van der Waals surface area (Å²) in [5.41, 5.74) is 0.561. The lowest BCUT2D eigenvalue weighted by molar-refractivity contribution is 0.0768. The Morgan fingerprint density at radius 2 is 1.44 bits per heavy atom. The SMILES string of the molecule is O=C(OSc1ccccc1)c1ccccc1. The summed E-state index contributed by atoms with van der Waals surface area (Å²) >= 11 is 1.07. The van der Waals surface area contributed by atoms with E-state index in [0.29, 0.717) is 5.56 Å². The maximum absolute atomic E-state index is 11.6. The number of hydrogen-bond acceptors (Lipinski definition) is 3. The van der Waals surface area contributed by atoms with Gasteiger partial charge in [0.1, 0.15) is 0 Å². The second-order valence-electron chi connectivity index (χ2n) is 3.13. The van der Waals surface area contributed by atoms with Crippen molar-refractivity contribution < 1.29 is 8.98 Å². The Morgan fingerprint density at radius 3 is 2.06 bits per heavy atom. The van der Waals surface area contributed by atoms with Crippen LogP contribution in [0.3, 0.4) is 0 Å². The van der Waals surface area contributed by atoms with Gasteiger partial charge in [-0.3, -0.25) is 0 Å². The molecule has 2 rings (SSSR count). The summed E-state index contributed by atoms with van der Waals surface area (Å²) in [4.78, 5) is 12.5.